The molecule has 8 rings (SSSR count). The van der Waals surface area contributed by atoms with Gasteiger partial charge in [-0.3, -0.25) is 24.1 Å². The van der Waals surface area contributed by atoms with Crippen molar-refractivity contribution in [3.63, 3.8) is 0 Å². The number of carbonyl (C=O) groups excluding carboxylic acids is 3. The number of halogens is 3. The maximum absolute atomic E-state index is 14.0. The number of thioether (sulfide) groups is 1. The lowest BCUT2D eigenvalue weighted by Gasteiger charge is -2.43. The quantitative estimate of drug-likeness (QED) is 0.207. The number of nitrogens with zero attached hydrogens (tertiary/aromatic N) is 1. The number of benzene rings is 3. The Morgan fingerprint density at radius 3 is 2.43 bits per heavy atom. The smallest absolute Gasteiger partial charge is 0.305 e. The number of para-hydroxylation sites is 1. The van der Waals surface area contributed by atoms with Gasteiger partial charge in [-0.1, -0.05) is 64.3 Å². The molecular formula is C33H24Cl3N3O5S2. The number of imide groups is 1. The summed E-state index contributed by atoms with van der Waals surface area (Å²) in [7, 11) is 0. The molecule has 7 atom stereocenters. The molecule has 3 heterocycles. The molecule has 1 saturated heterocycles. The zero-order valence-electron chi connectivity index (χ0n) is 23.7. The minimum atomic E-state index is -0.445. The molecule has 13 heteroatoms. The number of ether oxygens (including phenoxy) is 1. The van der Waals surface area contributed by atoms with Crippen LogP contribution in [-0.4, -0.2) is 34.6 Å². The number of anilines is 2. The summed E-state index contributed by atoms with van der Waals surface area (Å²) in [6, 6.07) is 19.1. The summed E-state index contributed by atoms with van der Waals surface area (Å²) < 4.78 is 6.14. The van der Waals surface area contributed by atoms with E-state index < -0.39 is 11.8 Å². The molecule has 3 aromatic carbocycles. The highest BCUT2D eigenvalue weighted by Crippen LogP contribution is 2.69. The van der Waals surface area contributed by atoms with Crippen LogP contribution in [0.25, 0.3) is 0 Å². The Hall–Kier alpha value is -3.28. The number of fused-ring (bicyclic) bond motifs is 9. The van der Waals surface area contributed by atoms with Crippen molar-refractivity contribution in [1.82, 2.24) is 4.98 Å². The fourth-order valence-electron chi connectivity index (χ4n) is 7.99. The molecule has 46 heavy (non-hydrogen) atoms. The number of amides is 3. The average Bonchev–Trinajstić information content (AvgIpc) is 3.77. The third-order valence-electron chi connectivity index (χ3n) is 9.62. The third kappa shape index (κ3) is 4.80. The predicted octanol–water partition coefficient (Wildman–Crippen LogP) is 7.09. The molecule has 1 aromatic heterocycles. The fourth-order valence-corrected chi connectivity index (χ4v) is 11.3. The first-order valence-corrected chi connectivity index (χ1v) is 17.5. The second-order valence-corrected chi connectivity index (χ2v) is 15.4. The number of aromatic amines is 1. The first-order valence-electron chi connectivity index (χ1n) is 14.7. The van der Waals surface area contributed by atoms with Crippen molar-refractivity contribution < 1.29 is 19.1 Å². The molecule has 4 aromatic rings. The first-order chi connectivity index (χ1) is 22.2. The minimum absolute atomic E-state index is 0.0157. The normalized spacial score (nSPS) is 27.4. The van der Waals surface area contributed by atoms with Crippen LogP contribution in [0, 0.1) is 29.6 Å². The van der Waals surface area contributed by atoms with Crippen molar-refractivity contribution in [1.29, 1.82) is 0 Å². The number of nitrogens with one attached hydrogen (secondary N) is 2. The van der Waals surface area contributed by atoms with Gasteiger partial charge in [0.05, 0.1) is 32.6 Å². The van der Waals surface area contributed by atoms with Gasteiger partial charge in [-0.25, -0.2) is 0 Å². The van der Waals surface area contributed by atoms with Gasteiger partial charge in [-0.15, -0.1) is 11.8 Å². The van der Waals surface area contributed by atoms with Crippen molar-refractivity contribution in [2.24, 2.45) is 29.6 Å². The van der Waals surface area contributed by atoms with Gasteiger partial charge in [0.1, 0.15) is 5.75 Å². The molecule has 234 valence electrons. The number of hydrogen-bond acceptors (Lipinski definition) is 7. The number of H-pyrrole nitrogens is 1. The van der Waals surface area contributed by atoms with Crippen LogP contribution in [0.1, 0.15) is 22.8 Å². The van der Waals surface area contributed by atoms with E-state index in [0.29, 0.717) is 32.2 Å². The van der Waals surface area contributed by atoms with E-state index >= 15 is 0 Å². The summed E-state index contributed by atoms with van der Waals surface area (Å²) in [5.74, 6) is -1.43. The molecule has 2 bridgehead atoms. The van der Waals surface area contributed by atoms with Crippen LogP contribution in [0.2, 0.25) is 15.1 Å². The molecule has 2 aliphatic heterocycles. The molecule has 8 nitrogen and oxygen atoms in total. The molecule has 3 fully saturated rings. The maximum atomic E-state index is 14.0. The highest BCUT2D eigenvalue weighted by atomic mass is 35.5. The van der Waals surface area contributed by atoms with Crippen LogP contribution in [-0.2, 0) is 14.4 Å². The molecule has 4 unspecified atom stereocenters. The average molecular weight is 713 g/mol. The van der Waals surface area contributed by atoms with Gasteiger partial charge in [0.2, 0.25) is 11.8 Å². The summed E-state index contributed by atoms with van der Waals surface area (Å²) in [6.07, 6.45) is 0.758. The van der Waals surface area contributed by atoms with Gasteiger partial charge in [0.15, 0.2) is 6.61 Å². The highest BCUT2D eigenvalue weighted by Gasteiger charge is 2.69. The molecule has 2 aliphatic carbocycles. The Morgan fingerprint density at radius 1 is 0.935 bits per heavy atom. The van der Waals surface area contributed by atoms with Crippen molar-refractivity contribution >= 4 is 87.0 Å². The molecule has 2 N–H and O–H groups in total. The zero-order chi connectivity index (χ0) is 31.9. The van der Waals surface area contributed by atoms with Crippen molar-refractivity contribution in [2.75, 3.05) is 16.8 Å². The van der Waals surface area contributed by atoms with Crippen LogP contribution in [0.3, 0.4) is 0 Å². The first kappa shape index (κ1) is 30.1. The zero-order valence-corrected chi connectivity index (χ0v) is 27.6. The van der Waals surface area contributed by atoms with E-state index in [1.54, 1.807) is 54.2 Å². The van der Waals surface area contributed by atoms with Gasteiger partial charge in [-0.2, -0.15) is 0 Å². The predicted molar refractivity (Wildman–Crippen MR) is 179 cm³/mol. The number of thiazole rings is 1. The van der Waals surface area contributed by atoms with Crippen molar-refractivity contribution in [3.8, 4) is 5.75 Å². The summed E-state index contributed by atoms with van der Waals surface area (Å²) in [5.41, 5.74) is 1.86. The molecular weight excluding hydrogens is 689 g/mol. The van der Waals surface area contributed by atoms with Gasteiger partial charge in [-0.05, 0) is 72.7 Å². The van der Waals surface area contributed by atoms with Crippen molar-refractivity contribution in [2.45, 2.75) is 22.6 Å². The van der Waals surface area contributed by atoms with E-state index in [9.17, 15) is 19.2 Å². The third-order valence-corrected chi connectivity index (χ3v) is 13.2. The van der Waals surface area contributed by atoms with Crippen LogP contribution in [0.15, 0.2) is 76.6 Å². The van der Waals surface area contributed by atoms with E-state index in [1.807, 2.05) is 24.3 Å². The molecule has 3 amide bonds. The van der Waals surface area contributed by atoms with E-state index in [0.717, 1.165) is 21.9 Å². The van der Waals surface area contributed by atoms with E-state index in [2.05, 4.69) is 10.3 Å². The van der Waals surface area contributed by atoms with Crippen LogP contribution >= 0.6 is 57.9 Å². The highest BCUT2D eigenvalue weighted by molar-refractivity contribution is 8.00. The number of aromatic nitrogens is 1. The maximum Gasteiger partial charge on any atom is 0.305 e. The Bertz CT molecular complexity index is 1980. The SMILES string of the molecule is O=C(COc1ccccc1[C@H]1c2sc(=O)[nH]c2SC2C1[C@H]1C[C@@H]2C2C(=O)N(c3ccc(Cl)cc3)C(=O)C21)Nc1ccc(Cl)c(Cl)c1. The lowest BCUT2D eigenvalue weighted by molar-refractivity contribution is -0.123. The van der Waals surface area contributed by atoms with E-state index in [1.165, 1.54) is 16.2 Å². The Morgan fingerprint density at radius 2 is 1.67 bits per heavy atom. The van der Waals surface area contributed by atoms with Crippen molar-refractivity contribution in [3.05, 3.63) is 102 Å². The summed E-state index contributed by atoms with van der Waals surface area (Å²) in [5, 5.41) is 4.82. The summed E-state index contributed by atoms with van der Waals surface area (Å²) >= 11 is 21.0. The molecule has 0 radical (unpaired) electrons. The standard InChI is InChI=1S/C33H24Cl3N3O5S2/c34-14-5-8-16(9-6-14)39-31(41)26-18-12-19(27(26)32(39)42)28-25(18)24(29-30(45-28)38-33(43)46-29)17-3-1-2-4-22(17)44-13-23(40)37-15-7-10-20(35)21(36)11-15/h1-11,18-19,24-28H,12-13H2,(H,37,40)(H,38,43)/t18-,19-,24-,25?,26?,27?,28?/m1/s1. The van der Waals surface area contributed by atoms with Gasteiger partial charge >= 0.3 is 4.87 Å². The Labute approximate surface area is 286 Å². The molecule has 4 aliphatic rings. The van der Waals surface area contributed by atoms with Crippen LogP contribution in [0.4, 0.5) is 11.4 Å². The van der Waals surface area contributed by atoms with Gasteiger partial charge in [0.25, 0.3) is 5.91 Å². The topological polar surface area (TPSA) is 109 Å². The largest absolute Gasteiger partial charge is 0.483 e. The fraction of sp³-hybridized carbons (Fsp3) is 0.273. The summed E-state index contributed by atoms with van der Waals surface area (Å²) in [4.78, 5) is 58.5. The van der Waals surface area contributed by atoms with E-state index in [-0.39, 0.29) is 58.1 Å². The lowest BCUT2D eigenvalue weighted by Crippen LogP contribution is -2.42. The Balaban J connectivity index is 1.11. The number of carbonyl (C=O) groups is 3. The second-order valence-electron chi connectivity index (χ2n) is 12.0. The summed E-state index contributed by atoms with van der Waals surface area (Å²) in [6.45, 7) is -0.261. The second kappa shape index (κ2) is 11.5. The minimum Gasteiger partial charge on any atom is -0.483 e. The number of hydrogen-bond donors (Lipinski definition) is 2. The Kier molecular flexibility index (Phi) is 7.49. The van der Waals surface area contributed by atoms with Crippen LogP contribution < -0.4 is 19.8 Å². The monoisotopic (exact) mass is 711 g/mol. The van der Waals surface area contributed by atoms with E-state index in [4.69, 9.17) is 39.5 Å². The van der Waals surface area contributed by atoms with Crippen LogP contribution in [0.5, 0.6) is 5.75 Å². The molecule has 0 spiro atoms. The number of rotatable bonds is 6. The lowest BCUT2D eigenvalue weighted by atomic mass is 9.68. The van der Waals surface area contributed by atoms with Gasteiger partial charge in [0, 0.05) is 32.3 Å². The van der Waals surface area contributed by atoms with Gasteiger partial charge < -0.3 is 15.0 Å². The molecule has 2 saturated carbocycles.